The monoisotopic (exact) mass is 354 g/mol. The number of nitrogens with zero attached hydrogens (tertiary/aromatic N) is 1. The number of carbonyl (C=O) groups is 2. The third-order valence-corrected chi connectivity index (χ3v) is 5.81. The fraction of sp³-hybridized carbons (Fsp3) is 0.571. The van der Waals surface area contributed by atoms with E-state index in [0.717, 1.165) is 50.5 Å². The minimum Gasteiger partial charge on any atom is -0.455 e. The van der Waals surface area contributed by atoms with Crippen LogP contribution in [-0.4, -0.2) is 24.0 Å². The summed E-state index contributed by atoms with van der Waals surface area (Å²) < 4.78 is 5.42. The maximum Gasteiger partial charge on any atom is 0.317 e. The van der Waals surface area contributed by atoms with E-state index >= 15 is 0 Å². The number of hydrogen-bond acceptors (Lipinski definition) is 4. The molecule has 1 amide bonds. The van der Waals surface area contributed by atoms with Gasteiger partial charge in [-0.05, 0) is 31.2 Å². The molecule has 5 heteroatoms. The van der Waals surface area contributed by atoms with E-state index < -0.39 is 11.0 Å². The molecule has 0 aromatic heterocycles. The molecule has 0 heterocycles. The van der Waals surface area contributed by atoms with Crippen molar-refractivity contribution in [2.24, 2.45) is 0 Å². The zero-order valence-corrected chi connectivity index (χ0v) is 15.1. The van der Waals surface area contributed by atoms with E-state index in [1.807, 2.05) is 30.3 Å². The van der Waals surface area contributed by atoms with Crippen LogP contribution in [0.15, 0.2) is 30.3 Å². The summed E-state index contributed by atoms with van der Waals surface area (Å²) >= 11 is 0. The average Bonchev–Trinajstić information content (AvgIpc) is 3.19. The fourth-order valence-electron chi connectivity index (χ4n) is 4.34. The van der Waals surface area contributed by atoms with Gasteiger partial charge in [-0.1, -0.05) is 62.4 Å². The number of rotatable bonds is 5. The van der Waals surface area contributed by atoms with E-state index in [9.17, 15) is 14.9 Å². The van der Waals surface area contributed by atoms with Crippen LogP contribution >= 0.6 is 0 Å². The van der Waals surface area contributed by atoms with Crippen molar-refractivity contribution in [3.8, 4) is 6.07 Å². The maximum absolute atomic E-state index is 12.8. The summed E-state index contributed by atoms with van der Waals surface area (Å²) in [5, 5.41) is 12.3. The Morgan fingerprint density at radius 1 is 1.00 bits per heavy atom. The Labute approximate surface area is 154 Å². The van der Waals surface area contributed by atoms with Crippen LogP contribution in [0.25, 0.3) is 0 Å². The predicted molar refractivity (Wildman–Crippen MR) is 97.1 cm³/mol. The lowest BCUT2D eigenvalue weighted by Crippen LogP contribution is -2.50. The summed E-state index contributed by atoms with van der Waals surface area (Å²) in [4.78, 5) is 25.1. The molecule has 1 N–H and O–H groups in total. The molecule has 1 aromatic rings. The molecule has 5 nitrogen and oxygen atoms in total. The highest BCUT2D eigenvalue weighted by molar-refractivity contribution is 5.87. The lowest BCUT2D eigenvalue weighted by molar-refractivity contribution is -0.154. The van der Waals surface area contributed by atoms with Gasteiger partial charge < -0.3 is 10.1 Å². The first-order chi connectivity index (χ1) is 12.6. The molecular weight excluding hydrogens is 328 g/mol. The molecule has 0 aliphatic heterocycles. The van der Waals surface area contributed by atoms with Gasteiger partial charge in [-0.3, -0.25) is 9.59 Å². The Bertz CT molecular complexity index is 681. The Hall–Kier alpha value is -2.35. The first-order valence-corrected chi connectivity index (χ1v) is 9.55. The van der Waals surface area contributed by atoms with Crippen LogP contribution in [0, 0.1) is 11.3 Å². The fourth-order valence-corrected chi connectivity index (χ4v) is 4.34. The normalized spacial score (nSPS) is 20.7. The van der Waals surface area contributed by atoms with Gasteiger partial charge in [0.25, 0.3) is 5.91 Å². The highest BCUT2D eigenvalue weighted by Crippen LogP contribution is 2.42. The van der Waals surface area contributed by atoms with E-state index in [1.165, 1.54) is 0 Å². The average molecular weight is 354 g/mol. The molecule has 2 saturated carbocycles. The number of carbonyl (C=O) groups excluding carboxylic acids is 2. The van der Waals surface area contributed by atoms with E-state index in [4.69, 9.17) is 4.74 Å². The van der Waals surface area contributed by atoms with Gasteiger partial charge in [0.2, 0.25) is 0 Å². The van der Waals surface area contributed by atoms with Crippen LogP contribution in [0.1, 0.15) is 63.4 Å². The van der Waals surface area contributed by atoms with Gasteiger partial charge in [-0.15, -0.1) is 0 Å². The zero-order valence-electron chi connectivity index (χ0n) is 15.1. The van der Waals surface area contributed by atoms with Crippen LogP contribution in [-0.2, 0) is 19.7 Å². The summed E-state index contributed by atoms with van der Waals surface area (Å²) in [5.41, 5.74) is -0.477. The number of nitriles is 1. The van der Waals surface area contributed by atoms with Gasteiger partial charge >= 0.3 is 5.97 Å². The molecule has 2 fully saturated rings. The van der Waals surface area contributed by atoms with E-state index in [2.05, 4.69) is 11.4 Å². The molecule has 3 rings (SSSR count). The van der Waals surface area contributed by atoms with Crippen molar-refractivity contribution >= 4 is 11.9 Å². The second-order valence-corrected chi connectivity index (χ2v) is 7.53. The van der Waals surface area contributed by atoms with Crippen LogP contribution in [0.5, 0.6) is 0 Å². The standard InChI is InChI=1S/C21H26N2O3/c22-16-20(11-5-2-6-12-20)23-18(24)15-26-19(25)21(13-7-8-14-21)17-9-3-1-4-10-17/h1,3-4,9-10H,2,5-8,11-15H2,(H,23,24). The number of ether oxygens (including phenoxy) is 1. The first-order valence-electron chi connectivity index (χ1n) is 9.55. The second kappa shape index (κ2) is 7.90. The van der Waals surface area contributed by atoms with Crippen LogP contribution < -0.4 is 5.32 Å². The van der Waals surface area contributed by atoms with Gasteiger partial charge in [0.05, 0.1) is 11.5 Å². The Morgan fingerprint density at radius 2 is 1.62 bits per heavy atom. The number of nitrogens with one attached hydrogen (secondary N) is 1. The Balaban J connectivity index is 1.62. The predicted octanol–water partition coefficient (Wildman–Crippen LogP) is 3.38. The third-order valence-electron chi connectivity index (χ3n) is 5.81. The molecule has 0 radical (unpaired) electrons. The molecule has 0 unspecified atom stereocenters. The summed E-state index contributed by atoms with van der Waals surface area (Å²) in [6.07, 6.45) is 7.75. The van der Waals surface area contributed by atoms with Crippen LogP contribution in [0.3, 0.4) is 0 Å². The zero-order chi connectivity index (χ0) is 18.5. The molecule has 0 spiro atoms. The molecule has 26 heavy (non-hydrogen) atoms. The topological polar surface area (TPSA) is 79.2 Å². The number of amides is 1. The molecular formula is C21H26N2O3. The van der Waals surface area contributed by atoms with Crippen molar-refractivity contribution < 1.29 is 14.3 Å². The molecule has 0 atom stereocenters. The lowest BCUT2D eigenvalue weighted by atomic mass is 9.79. The molecule has 2 aliphatic carbocycles. The SMILES string of the molecule is N#CC1(NC(=O)COC(=O)C2(c3ccccc3)CCCC2)CCCCC1. The highest BCUT2D eigenvalue weighted by Gasteiger charge is 2.44. The second-order valence-electron chi connectivity index (χ2n) is 7.53. The smallest absolute Gasteiger partial charge is 0.317 e. The third kappa shape index (κ3) is 3.75. The number of hydrogen-bond donors (Lipinski definition) is 1. The van der Waals surface area contributed by atoms with Gasteiger partial charge in [-0.2, -0.15) is 5.26 Å². The van der Waals surface area contributed by atoms with Gasteiger partial charge in [-0.25, -0.2) is 0 Å². The molecule has 138 valence electrons. The lowest BCUT2D eigenvalue weighted by Gasteiger charge is -2.32. The van der Waals surface area contributed by atoms with Crippen molar-refractivity contribution in [3.63, 3.8) is 0 Å². The van der Waals surface area contributed by atoms with Crippen molar-refractivity contribution in [2.45, 2.75) is 68.7 Å². The van der Waals surface area contributed by atoms with E-state index in [-0.39, 0.29) is 18.5 Å². The highest BCUT2D eigenvalue weighted by atomic mass is 16.5. The summed E-state index contributed by atoms with van der Waals surface area (Å²) in [5.74, 6) is -0.714. The summed E-state index contributed by atoms with van der Waals surface area (Å²) in [6.45, 7) is -0.323. The molecule has 2 aliphatic rings. The van der Waals surface area contributed by atoms with Crippen molar-refractivity contribution in [1.82, 2.24) is 5.32 Å². The first kappa shape index (κ1) is 18.4. The van der Waals surface area contributed by atoms with Gasteiger partial charge in [0, 0.05) is 0 Å². The van der Waals surface area contributed by atoms with Gasteiger partial charge in [0.1, 0.15) is 5.54 Å². The Morgan fingerprint density at radius 3 is 2.23 bits per heavy atom. The summed E-state index contributed by atoms with van der Waals surface area (Å²) in [6, 6.07) is 11.9. The molecule has 0 saturated heterocycles. The molecule has 1 aromatic carbocycles. The van der Waals surface area contributed by atoms with E-state index in [1.54, 1.807) is 0 Å². The maximum atomic E-state index is 12.8. The minimum atomic E-state index is -0.799. The number of esters is 1. The van der Waals surface area contributed by atoms with Crippen molar-refractivity contribution in [1.29, 1.82) is 5.26 Å². The van der Waals surface area contributed by atoms with Gasteiger partial charge in [0.15, 0.2) is 6.61 Å². The van der Waals surface area contributed by atoms with Crippen LogP contribution in [0.4, 0.5) is 0 Å². The van der Waals surface area contributed by atoms with Crippen molar-refractivity contribution in [2.75, 3.05) is 6.61 Å². The largest absolute Gasteiger partial charge is 0.455 e. The van der Waals surface area contributed by atoms with E-state index in [0.29, 0.717) is 12.8 Å². The minimum absolute atomic E-state index is 0.323. The Kier molecular flexibility index (Phi) is 5.61. The summed E-state index contributed by atoms with van der Waals surface area (Å²) in [7, 11) is 0. The van der Waals surface area contributed by atoms with Crippen molar-refractivity contribution in [3.05, 3.63) is 35.9 Å². The molecule has 0 bridgehead atoms. The van der Waals surface area contributed by atoms with Crippen LogP contribution in [0.2, 0.25) is 0 Å². The number of benzene rings is 1. The quantitative estimate of drug-likeness (QED) is 0.822.